The first kappa shape index (κ1) is 67.5. The quantitative estimate of drug-likeness (QED) is 0.191. The summed E-state index contributed by atoms with van der Waals surface area (Å²) in [4.78, 5) is 48.3. The fourth-order valence-corrected chi connectivity index (χ4v) is 0. The maximum Gasteiger partial charge on any atom is 1.00 e. The van der Waals surface area contributed by atoms with Crippen molar-refractivity contribution in [3.05, 3.63) is 45.1 Å². The molecule has 117 valence electrons. The van der Waals surface area contributed by atoms with E-state index in [0.717, 1.165) is 16.0 Å². The van der Waals surface area contributed by atoms with E-state index in [2.05, 4.69) is 0 Å². The van der Waals surface area contributed by atoms with Gasteiger partial charge in [0, 0.05) is 16.8 Å². The van der Waals surface area contributed by atoms with Crippen molar-refractivity contribution in [1.29, 1.82) is 0 Å². The maximum atomic E-state index is 8.11. The van der Waals surface area contributed by atoms with Gasteiger partial charge >= 0.3 is 88.7 Å². The van der Waals surface area contributed by atoms with Gasteiger partial charge in [-0.3, -0.25) is 0 Å². The number of rotatable bonds is 0. The van der Waals surface area contributed by atoms with E-state index in [1.54, 1.807) is 0 Å². The molecule has 0 aromatic rings. The molecule has 0 unspecified atom stereocenters. The smallest absolute Gasteiger partial charge is 0.444 e. The molecule has 0 aliphatic carbocycles. The van der Waals surface area contributed by atoms with E-state index in [9.17, 15) is 0 Å². The summed E-state index contributed by atoms with van der Waals surface area (Å²) < 4.78 is 0. The minimum atomic E-state index is 0. The first-order valence-corrected chi connectivity index (χ1v) is 2.24. The van der Waals surface area contributed by atoms with Crippen molar-refractivity contribution in [3.63, 3.8) is 0 Å². The standard InChI is InChI=1S/Co.6HNO2.3Na/c;6*2-1-3;;;/h;6*(H,2,3);;;/q;;;;;;;3*+1/p-3. The Balaban J connectivity index is -0.00000000947. The van der Waals surface area contributed by atoms with Gasteiger partial charge in [-0.05, 0) is 0 Å². The molecule has 18 nitrogen and oxygen atoms in total. The van der Waals surface area contributed by atoms with Gasteiger partial charge in [0.2, 0.25) is 0 Å². The molecule has 0 aromatic heterocycles. The zero-order chi connectivity index (χ0) is 16.2. The van der Waals surface area contributed by atoms with Gasteiger partial charge in [0.1, 0.15) is 0 Å². The van der Waals surface area contributed by atoms with Crippen LogP contribution in [0.4, 0.5) is 0 Å². The fourth-order valence-electron chi connectivity index (χ4n) is 0. The summed E-state index contributed by atoms with van der Waals surface area (Å²) in [7, 11) is 0. The summed E-state index contributed by atoms with van der Waals surface area (Å²) in [5.74, 6) is 0. The van der Waals surface area contributed by atoms with Gasteiger partial charge in [-0.25, -0.2) is 0 Å². The van der Waals surface area contributed by atoms with E-state index in [1.165, 1.54) is 16.0 Å². The van der Waals surface area contributed by atoms with Gasteiger partial charge in [-0.15, -0.1) is 30.7 Å². The average Bonchev–Trinajstić information content (AvgIpc) is 2.23. The van der Waals surface area contributed by atoms with E-state index in [0.29, 0.717) is 0 Å². The van der Waals surface area contributed by atoms with E-state index in [-0.39, 0.29) is 105 Å². The van der Waals surface area contributed by atoms with Crippen LogP contribution in [0.2, 0.25) is 0 Å². The van der Waals surface area contributed by atoms with Crippen molar-refractivity contribution in [3.8, 4) is 0 Å². The summed E-state index contributed by atoms with van der Waals surface area (Å²) >= 11 is 0. The van der Waals surface area contributed by atoms with Gasteiger partial charge in [0.25, 0.3) is 0 Å². The molecule has 22 heteroatoms. The van der Waals surface area contributed by atoms with Gasteiger partial charge in [0.15, 0.2) is 16.0 Å². The third-order valence-corrected chi connectivity index (χ3v) is 0. The molecular formula is H3CoN6Na3O12. The molecule has 0 saturated heterocycles. The molecule has 0 bridgehead atoms. The Morgan fingerprint density at radius 3 is 0.500 bits per heavy atom. The van der Waals surface area contributed by atoms with Crippen molar-refractivity contribution in [1.82, 2.24) is 0 Å². The van der Waals surface area contributed by atoms with Crippen LogP contribution in [-0.4, -0.2) is 15.6 Å². The van der Waals surface area contributed by atoms with Crippen LogP contribution >= 0.6 is 0 Å². The average molecular weight is 407 g/mol. The summed E-state index contributed by atoms with van der Waals surface area (Å²) in [6.45, 7) is 0. The minimum absolute atomic E-state index is 0. The van der Waals surface area contributed by atoms with E-state index in [4.69, 9.17) is 60.7 Å². The predicted molar refractivity (Wildman–Crippen MR) is 50.2 cm³/mol. The van der Waals surface area contributed by atoms with Crippen LogP contribution in [-0.2, 0) is 16.8 Å². The third kappa shape index (κ3) is 814000. The van der Waals surface area contributed by atoms with E-state index >= 15 is 0 Å². The first-order valence-electron chi connectivity index (χ1n) is 2.24. The molecule has 0 aliphatic heterocycles. The minimum Gasteiger partial charge on any atom is -0.444 e. The number of nitrogens with zero attached hydrogens (tertiary/aromatic N) is 6. The molecule has 0 heterocycles. The second-order valence-electron chi connectivity index (χ2n) is 0.469. The van der Waals surface area contributed by atoms with Crippen molar-refractivity contribution in [2.45, 2.75) is 0 Å². The summed E-state index contributed by atoms with van der Waals surface area (Å²) in [6, 6.07) is 0. The zero-order valence-corrected chi connectivity index (χ0v) is 18.1. The molecule has 3 N–H and O–H groups in total. The number of hydrogen-bond donors (Lipinski definition) is 3. The molecule has 0 fully saturated rings. The Kier molecular flexibility index (Phi) is 729. The van der Waals surface area contributed by atoms with Crippen LogP contribution in [0.15, 0.2) is 32.0 Å². The third-order valence-electron chi connectivity index (χ3n) is 0. The normalized spacial score (nSPS) is 3.27. The first-order chi connectivity index (χ1) is 8.49. The number of hydrogen-bond acceptors (Lipinski definition) is 15. The summed E-state index contributed by atoms with van der Waals surface area (Å²) in [5.41, 5.74) is 0. The van der Waals surface area contributed by atoms with Crippen LogP contribution in [0, 0.1) is 45.1 Å². The van der Waals surface area contributed by atoms with Gasteiger partial charge in [-0.2, -0.15) is 0 Å². The van der Waals surface area contributed by atoms with Gasteiger partial charge in [-0.1, -0.05) is 0 Å². The van der Waals surface area contributed by atoms with E-state index in [1.807, 2.05) is 0 Å². The molecule has 0 amide bonds. The van der Waals surface area contributed by atoms with Crippen LogP contribution in [0.1, 0.15) is 0 Å². The van der Waals surface area contributed by atoms with Crippen LogP contribution in [0.25, 0.3) is 0 Å². The fraction of sp³-hybridized carbons (Fsp3) is 0. The SMILES string of the molecule is O=NO.O=NO.O=NO.O=N[O-].O=N[O-].O=N[O-].[Co].[Na+].[Na+].[Na+]. The zero-order valence-electron chi connectivity index (χ0n) is 11.0. The van der Waals surface area contributed by atoms with Crippen LogP contribution in [0.5, 0.6) is 0 Å². The van der Waals surface area contributed by atoms with Crippen LogP contribution in [0.3, 0.4) is 0 Å². The Morgan fingerprint density at radius 1 is 0.500 bits per heavy atom. The van der Waals surface area contributed by atoms with Crippen molar-refractivity contribution in [2.75, 3.05) is 0 Å². The Hall–Kier alpha value is -0.0935. The molecule has 0 aliphatic rings. The molecule has 0 spiro atoms. The van der Waals surface area contributed by atoms with Gasteiger partial charge in [0.05, 0.1) is 0 Å². The molecule has 0 aromatic carbocycles. The molecule has 1 radical (unpaired) electrons. The molecular weight excluding hydrogens is 404 g/mol. The Morgan fingerprint density at radius 2 is 0.500 bits per heavy atom. The molecule has 0 saturated carbocycles. The van der Waals surface area contributed by atoms with Crippen molar-refractivity contribution in [2.24, 2.45) is 32.0 Å². The second-order valence-corrected chi connectivity index (χ2v) is 0.469. The molecule has 0 rings (SSSR count). The topological polar surface area (TPSA) is 306 Å². The molecule has 0 atom stereocenters. The second kappa shape index (κ2) is 237. The monoisotopic (exact) mass is 407 g/mol. The molecule has 22 heavy (non-hydrogen) atoms. The summed E-state index contributed by atoms with van der Waals surface area (Å²) in [5, 5.41) is 50.7. The van der Waals surface area contributed by atoms with Crippen LogP contribution < -0.4 is 88.7 Å². The van der Waals surface area contributed by atoms with Crippen molar-refractivity contribution < 1.29 is 121 Å². The predicted octanol–water partition coefficient (Wildman–Crippen LogP) is -7.81. The summed E-state index contributed by atoms with van der Waals surface area (Å²) in [6.07, 6.45) is 0. The van der Waals surface area contributed by atoms with Gasteiger partial charge < -0.3 is 46.0 Å². The largest absolute Gasteiger partial charge is 1.00 e. The van der Waals surface area contributed by atoms with E-state index < -0.39 is 0 Å². The maximum absolute atomic E-state index is 8.11. The van der Waals surface area contributed by atoms with Crippen molar-refractivity contribution >= 4 is 0 Å². The Bertz CT molecular complexity index is 126. The Labute approximate surface area is 196 Å².